The average Bonchev–Trinajstić information content (AvgIpc) is 3.22. The molecule has 0 aliphatic rings. The molecule has 26 heavy (non-hydrogen) atoms. The van der Waals surface area contributed by atoms with E-state index in [0.29, 0.717) is 5.69 Å². The summed E-state index contributed by atoms with van der Waals surface area (Å²) in [6, 6.07) is 21.4. The second kappa shape index (κ2) is 6.98. The smallest absolute Gasteiger partial charge is 0.248 e. The van der Waals surface area contributed by atoms with Crippen LogP contribution in [0.5, 0.6) is 0 Å². The van der Waals surface area contributed by atoms with Crippen LogP contribution in [0.2, 0.25) is 0 Å². The summed E-state index contributed by atoms with van der Waals surface area (Å²) >= 11 is 0. The highest BCUT2D eigenvalue weighted by molar-refractivity contribution is 6.03. The Kier molecular flexibility index (Phi) is 4.22. The van der Waals surface area contributed by atoms with E-state index in [0.717, 1.165) is 22.0 Å². The third-order valence-corrected chi connectivity index (χ3v) is 3.99. The van der Waals surface area contributed by atoms with Crippen molar-refractivity contribution in [2.45, 2.75) is 0 Å². The topological polar surface area (TPSA) is 72.7 Å². The van der Waals surface area contributed by atoms with Gasteiger partial charge in [0.05, 0.1) is 5.69 Å². The number of benzene rings is 3. The number of carbonyl (C=O) groups excluding carboxylic acids is 1. The summed E-state index contributed by atoms with van der Waals surface area (Å²) in [7, 11) is 0. The highest BCUT2D eigenvalue weighted by Gasteiger charge is 2.02. The molecular weight excluding hydrogens is 326 g/mol. The largest absolute Gasteiger partial charge is 0.323 e. The maximum Gasteiger partial charge on any atom is 0.248 e. The van der Waals surface area contributed by atoms with Gasteiger partial charge in [-0.1, -0.05) is 42.5 Å². The number of amides is 1. The lowest BCUT2D eigenvalue weighted by atomic mass is 10.0. The van der Waals surface area contributed by atoms with Gasteiger partial charge < -0.3 is 5.32 Å². The minimum Gasteiger partial charge on any atom is -0.323 e. The number of fused-ring (bicyclic) bond motifs is 1. The van der Waals surface area contributed by atoms with Gasteiger partial charge in [0, 0.05) is 11.8 Å². The quantitative estimate of drug-likeness (QED) is 0.577. The molecule has 126 valence electrons. The average molecular weight is 341 g/mol. The Morgan fingerprint density at radius 1 is 0.962 bits per heavy atom. The summed E-state index contributed by atoms with van der Waals surface area (Å²) in [4.78, 5) is 12.2. The van der Waals surface area contributed by atoms with E-state index in [-0.39, 0.29) is 5.91 Å². The maximum atomic E-state index is 12.2. The number of aromatic nitrogens is 4. The normalized spacial score (nSPS) is 11.1. The van der Waals surface area contributed by atoms with Crippen LogP contribution in [-0.2, 0) is 4.79 Å². The molecule has 0 saturated heterocycles. The number of nitrogens with zero attached hydrogens (tertiary/aromatic N) is 4. The minimum absolute atomic E-state index is 0.187. The minimum atomic E-state index is -0.187. The van der Waals surface area contributed by atoms with Crippen LogP contribution in [0.3, 0.4) is 0 Å². The van der Waals surface area contributed by atoms with Gasteiger partial charge in [-0.2, -0.15) is 0 Å². The monoisotopic (exact) mass is 341 g/mol. The Morgan fingerprint density at radius 2 is 1.77 bits per heavy atom. The van der Waals surface area contributed by atoms with E-state index in [1.54, 1.807) is 16.8 Å². The number of hydrogen-bond donors (Lipinski definition) is 1. The number of carbonyl (C=O) groups is 1. The first-order valence-electron chi connectivity index (χ1n) is 8.10. The predicted octanol–water partition coefficient (Wildman–Crippen LogP) is 3.47. The first-order valence-corrected chi connectivity index (χ1v) is 8.10. The van der Waals surface area contributed by atoms with Crippen LogP contribution in [0, 0.1) is 0 Å². The summed E-state index contributed by atoms with van der Waals surface area (Å²) in [5, 5.41) is 16.1. The van der Waals surface area contributed by atoms with Crippen LogP contribution in [0.4, 0.5) is 5.69 Å². The van der Waals surface area contributed by atoms with E-state index >= 15 is 0 Å². The fourth-order valence-electron chi connectivity index (χ4n) is 2.72. The standard InChI is InChI=1S/C20H15N5O/c26-20(13-8-16-6-3-5-15-4-1-2-7-19(15)16)22-17-9-11-18(12-10-17)25-14-21-23-24-25/h1-14H,(H,22,26). The summed E-state index contributed by atoms with van der Waals surface area (Å²) in [6.45, 7) is 0. The second-order valence-electron chi connectivity index (χ2n) is 5.69. The van der Waals surface area contributed by atoms with E-state index in [9.17, 15) is 4.79 Å². The lowest BCUT2D eigenvalue weighted by molar-refractivity contribution is -0.111. The molecule has 1 N–H and O–H groups in total. The summed E-state index contributed by atoms with van der Waals surface area (Å²) in [5.74, 6) is -0.187. The van der Waals surface area contributed by atoms with E-state index < -0.39 is 0 Å². The van der Waals surface area contributed by atoms with Crippen molar-refractivity contribution in [3.63, 3.8) is 0 Å². The molecule has 0 radical (unpaired) electrons. The van der Waals surface area contributed by atoms with Crippen molar-refractivity contribution < 1.29 is 4.79 Å². The van der Waals surface area contributed by atoms with E-state index in [1.165, 1.54) is 12.4 Å². The highest BCUT2D eigenvalue weighted by Crippen LogP contribution is 2.19. The molecule has 6 nitrogen and oxygen atoms in total. The Bertz CT molecular complexity index is 1060. The van der Waals surface area contributed by atoms with Gasteiger partial charge in [-0.05, 0) is 57.1 Å². The van der Waals surface area contributed by atoms with Crippen molar-refractivity contribution in [2.24, 2.45) is 0 Å². The molecule has 3 aromatic carbocycles. The summed E-state index contributed by atoms with van der Waals surface area (Å²) in [5.41, 5.74) is 2.53. The molecule has 1 amide bonds. The van der Waals surface area contributed by atoms with Gasteiger partial charge in [0.2, 0.25) is 5.91 Å². The van der Waals surface area contributed by atoms with Gasteiger partial charge in [0.15, 0.2) is 0 Å². The molecule has 4 aromatic rings. The van der Waals surface area contributed by atoms with Crippen molar-refractivity contribution in [2.75, 3.05) is 5.32 Å². The molecule has 0 saturated carbocycles. The lowest BCUT2D eigenvalue weighted by Gasteiger charge is -2.04. The Morgan fingerprint density at radius 3 is 2.58 bits per heavy atom. The van der Waals surface area contributed by atoms with Crippen LogP contribution in [0.25, 0.3) is 22.5 Å². The lowest BCUT2D eigenvalue weighted by Crippen LogP contribution is -2.07. The molecule has 4 rings (SSSR count). The predicted molar refractivity (Wildman–Crippen MR) is 101 cm³/mol. The van der Waals surface area contributed by atoms with Gasteiger partial charge in [-0.15, -0.1) is 5.10 Å². The molecular formula is C20H15N5O. The van der Waals surface area contributed by atoms with Crippen molar-refractivity contribution in [1.82, 2.24) is 20.2 Å². The first-order chi connectivity index (χ1) is 12.8. The summed E-state index contributed by atoms with van der Waals surface area (Å²) < 4.78 is 1.55. The van der Waals surface area contributed by atoms with E-state index in [2.05, 4.69) is 33.0 Å². The Balaban J connectivity index is 1.47. The van der Waals surface area contributed by atoms with Crippen molar-refractivity contribution in [1.29, 1.82) is 0 Å². The molecule has 0 bridgehead atoms. The number of nitrogens with one attached hydrogen (secondary N) is 1. The van der Waals surface area contributed by atoms with Crippen LogP contribution in [0.15, 0.2) is 79.1 Å². The molecule has 0 aliphatic heterocycles. The third kappa shape index (κ3) is 3.34. The SMILES string of the molecule is O=C(C=Cc1cccc2ccccc12)Nc1ccc(-n2cnnn2)cc1. The highest BCUT2D eigenvalue weighted by atomic mass is 16.1. The van der Waals surface area contributed by atoms with Gasteiger partial charge in [-0.3, -0.25) is 4.79 Å². The molecule has 1 aromatic heterocycles. The molecule has 0 atom stereocenters. The third-order valence-electron chi connectivity index (χ3n) is 3.99. The van der Waals surface area contributed by atoms with Crippen LogP contribution in [0.1, 0.15) is 5.56 Å². The van der Waals surface area contributed by atoms with Gasteiger partial charge in [0.1, 0.15) is 6.33 Å². The molecule has 1 heterocycles. The summed E-state index contributed by atoms with van der Waals surface area (Å²) in [6.07, 6.45) is 4.88. The van der Waals surface area contributed by atoms with E-state index in [1.807, 2.05) is 48.5 Å². The molecule has 0 fully saturated rings. The number of hydrogen-bond acceptors (Lipinski definition) is 4. The fourth-order valence-corrected chi connectivity index (χ4v) is 2.72. The van der Waals surface area contributed by atoms with Gasteiger partial charge in [0.25, 0.3) is 0 Å². The number of tetrazole rings is 1. The van der Waals surface area contributed by atoms with Crippen LogP contribution in [-0.4, -0.2) is 26.1 Å². The molecule has 0 aliphatic carbocycles. The van der Waals surface area contributed by atoms with E-state index in [4.69, 9.17) is 0 Å². The Hall–Kier alpha value is -3.80. The zero-order valence-corrected chi connectivity index (χ0v) is 13.8. The van der Waals surface area contributed by atoms with Gasteiger partial charge in [-0.25, -0.2) is 4.68 Å². The van der Waals surface area contributed by atoms with Gasteiger partial charge >= 0.3 is 0 Å². The fraction of sp³-hybridized carbons (Fsp3) is 0. The number of rotatable bonds is 4. The van der Waals surface area contributed by atoms with Crippen molar-refractivity contribution >= 4 is 28.4 Å². The zero-order valence-electron chi connectivity index (χ0n) is 13.8. The first kappa shape index (κ1) is 15.7. The van der Waals surface area contributed by atoms with Crippen molar-refractivity contribution in [3.8, 4) is 5.69 Å². The Labute approximate surface area is 149 Å². The molecule has 0 spiro atoms. The molecule has 6 heteroatoms. The molecule has 0 unspecified atom stereocenters. The van der Waals surface area contributed by atoms with Crippen molar-refractivity contribution in [3.05, 3.63) is 84.7 Å². The van der Waals surface area contributed by atoms with Crippen LogP contribution < -0.4 is 5.32 Å². The van der Waals surface area contributed by atoms with Crippen LogP contribution >= 0.6 is 0 Å². The zero-order chi connectivity index (χ0) is 17.8. The second-order valence-corrected chi connectivity index (χ2v) is 5.69. The number of anilines is 1. The maximum absolute atomic E-state index is 12.2.